The van der Waals surface area contributed by atoms with Crippen LogP contribution >= 0.6 is 0 Å². The van der Waals surface area contributed by atoms with E-state index in [1.165, 1.54) is 0 Å². The van der Waals surface area contributed by atoms with Gasteiger partial charge >= 0.3 is 0 Å². The van der Waals surface area contributed by atoms with Crippen molar-refractivity contribution in [3.05, 3.63) is 0 Å². The van der Waals surface area contributed by atoms with Crippen molar-refractivity contribution in [2.24, 2.45) is 0 Å². The molecule has 0 saturated carbocycles. The van der Waals surface area contributed by atoms with Crippen LogP contribution in [0.2, 0.25) is 0 Å². The summed E-state index contributed by atoms with van der Waals surface area (Å²) in [5.41, 5.74) is 0. The topological polar surface area (TPSA) is 77.4 Å². The van der Waals surface area contributed by atoms with Gasteiger partial charge in [0.25, 0.3) is 0 Å². The van der Waals surface area contributed by atoms with Crippen LogP contribution < -0.4 is 0 Å². The van der Waals surface area contributed by atoms with E-state index in [1.54, 1.807) is 0 Å². The van der Waals surface area contributed by atoms with Crippen molar-refractivity contribution in [2.45, 2.75) is 90.0 Å². The summed E-state index contributed by atoms with van der Waals surface area (Å²) in [5.74, 6) is 0. The van der Waals surface area contributed by atoms with Crippen molar-refractivity contribution in [1.82, 2.24) is 0 Å². The molecule has 0 aromatic heterocycles. The van der Waals surface area contributed by atoms with Crippen LogP contribution in [0.3, 0.4) is 0 Å². The molecule has 0 spiro atoms. The van der Waals surface area contributed by atoms with Gasteiger partial charge in [0.2, 0.25) is 0 Å². The van der Waals surface area contributed by atoms with Gasteiger partial charge in [-0.15, -0.1) is 0 Å². The third-order valence-electron chi connectivity index (χ3n) is 4.18. The Hall–Kier alpha value is -0.240. The van der Waals surface area contributed by atoms with Crippen LogP contribution in [0, 0.1) is 0 Å². The van der Waals surface area contributed by atoms with Crippen LogP contribution in [-0.4, -0.2) is 67.3 Å². The first-order chi connectivity index (χ1) is 11.7. The van der Waals surface area contributed by atoms with Crippen molar-refractivity contribution in [3.63, 3.8) is 0 Å². The average Bonchev–Trinajstić information content (AvgIpc) is 2.57. The molecule has 1 fully saturated rings. The molecule has 1 saturated heterocycles. The van der Waals surface area contributed by atoms with Crippen molar-refractivity contribution in [1.29, 1.82) is 0 Å². The fourth-order valence-electron chi connectivity index (χ4n) is 2.60. The van der Waals surface area contributed by atoms with Gasteiger partial charge in [-0.25, -0.2) is 0 Å². The molecule has 0 amide bonds. The molecule has 2 N–H and O–H groups in total. The fraction of sp³-hybridized carbons (Fsp3) is 1.00. The van der Waals surface area contributed by atoms with E-state index >= 15 is 0 Å². The van der Waals surface area contributed by atoms with Gasteiger partial charge in [0, 0.05) is 19.8 Å². The average molecular weight is 348 g/mol. The maximum absolute atomic E-state index is 10.6. The second kappa shape index (κ2) is 13.0. The van der Waals surface area contributed by atoms with E-state index in [-0.39, 0.29) is 0 Å². The Bertz CT molecular complexity index is 299. The summed E-state index contributed by atoms with van der Waals surface area (Å²) >= 11 is 0. The molecule has 1 heterocycles. The third-order valence-corrected chi connectivity index (χ3v) is 4.18. The Morgan fingerprint density at radius 3 is 1.92 bits per heavy atom. The van der Waals surface area contributed by atoms with Gasteiger partial charge < -0.3 is 29.2 Å². The largest absolute Gasteiger partial charge is 0.387 e. The molecular weight excluding hydrogens is 312 g/mol. The van der Waals surface area contributed by atoms with Crippen molar-refractivity contribution in [3.8, 4) is 0 Å². The summed E-state index contributed by atoms with van der Waals surface area (Å²) < 4.78 is 22.7. The summed E-state index contributed by atoms with van der Waals surface area (Å²) in [6, 6.07) is 0. The SMILES string of the molecule is CCCCOC[C@@H]1OC(O)[C@@H](OCCCC)[C@H](O)[C@H]1OCCCC. The van der Waals surface area contributed by atoms with E-state index in [1.807, 2.05) is 0 Å². The Morgan fingerprint density at radius 2 is 1.33 bits per heavy atom. The van der Waals surface area contributed by atoms with E-state index in [9.17, 15) is 10.2 Å². The zero-order valence-corrected chi connectivity index (χ0v) is 15.5. The van der Waals surface area contributed by atoms with Gasteiger partial charge in [0.05, 0.1) is 6.61 Å². The van der Waals surface area contributed by atoms with Gasteiger partial charge in [0.15, 0.2) is 6.29 Å². The highest BCUT2D eigenvalue weighted by atomic mass is 16.7. The maximum atomic E-state index is 10.6. The first-order valence-corrected chi connectivity index (χ1v) is 9.48. The second-order valence-corrected chi connectivity index (χ2v) is 6.36. The minimum atomic E-state index is -1.16. The summed E-state index contributed by atoms with van der Waals surface area (Å²) in [6.07, 6.45) is 1.91. The predicted molar refractivity (Wildman–Crippen MR) is 91.9 cm³/mol. The molecule has 1 aliphatic rings. The minimum Gasteiger partial charge on any atom is -0.387 e. The molecule has 1 aliphatic heterocycles. The zero-order valence-electron chi connectivity index (χ0n) is 15.5. The van der Waals surface area contributed by atoms with Gasteiger partial charge in [-0.1, -0.05) is 40.0 Å². The van der Waals surface area contributed by atoms with Gasteiger partial charge in [0.1, 0.15) is 24.4 Å². The number of aliphatic hydroxyl groups is 2. The Morgan fingerprint density at radius 1 is 0.792 bits per heavy atom. The molecule has 144 valence electrons. The molecule has 0 bridgehead atoms. The quantitative estimate of drug-likeness (QED) is 0.497. The molecule has 24 heavy (non-hydrogen) atoms. The van der Waals surface area contributed by atoms with Crippen molar-refractivity contribution in [2.75, 3.05) is 26.4 Å². The van der Waals surface area contributed by atoms with Crippen LogP contribution in [0.4, 0.5) is 0 Å². The normalized spacial score (nSPS) is 30.6. The summed E-state index contributed by atoms with van der Waals surface area (Å²) in [5, 5.41) is 20.8. The molecule has 6 nitrogen and oxygen atoms in total. The van der Waals surface area contributed by atoms with Crippen LogP contribution in [0.15, 0.2) is 0 Å². The highest BCUT2D eigenvalue weighted by Gasteiger charge is 2.46. The molecule has 0 aromatic carbocycles. The van der Waals surface area contributed by atoms with E-state index in [4.69, 9.17) is 18.9 Å². The summed E-state index contributed by atoms with van der Waals surface area (Å²) in [4.78, 5) is 0. The van der Waals surface area contributed by atoms with Crippen molar-refractivity contribution < 1.29 is 29.2 Å². The third kappa shape index (κ3) is 7.33. The molecule has 1 unspecified atom stereocenters. The van der Waals surface area contributed by atoms with Gasteiger partial charge in [-0.05, 0) is 19.3 Å². The van der Waals surface area contributed by atoms with E-state index in [2.05, 4.69) is 20.8 Å². The number of aliphatic hydroxyl groups excluding tert-OH is 2. The van der Waals surface area contributed by atoms with Crippen LogP contribution in [0.5, 0.6) is 0 Å². The van der Waals surface area contributed by atoms with Gasteiger partial charge in [-0.2, -0.15) is 0 Å². The Kier molecular flexibility index (Phi) is 11.8. The van der Waals surface area contributed by atoms with Gasteiger partial charge in [-0.3, -0.25) is 0 Å². The number of hydrogen-bond acceptors (Lipinski definition) is 6. The molecule has 5 atom stereocenters. The number of ether oxygens (including phenoxy) is 4. The Balaban J connectivity index is 2.61. The number of unbranched alkanes of at least 4 members (excludes halogenated alkanes) is 3. The molecular formula is C18H36O6. The van der Waals surface area contributed by atoms with E-state index in [0.29, 0.717) is 26.4 Å². The highest BCUT2D eigenvalue weighted by molar-refractivity contribution is 4.91. The molecule has 0 radical (unpaired) electrons. The lowest BCUT2D eigenvalue weighted by Gasteiger charge is -2.42. The summed E-state index contributed by atoms with van der Waals surface area (Å²) in [7, 11) is 0. The molecule has 6 heteroatoms. The Labute approximate surface area is 146 Å². The van der Waals surface area contributed by atoms with Crippen LogP contribution in [0.1, 0.15) is 59.3 Å². The van der Waals surface area contributed by atoms with E-state index in [0.717, 1.165) is 38.5 Å². The minimum absolute atomic E-state index is 0.298. The smallest absolute Gasteiger partial charge is 0.184 e. The van der Waals surface area contributed by atoms with Crippen LogP contribution in [-0.2, 0) is 18.9 Å². The molecule has 0 aliphatic carbocycles. The van der Waals surface area contributed by atoms with E-state index < -0.39 is 30.7 Å². The second-order valence-electron chi connectivity index (χ2n) is 6.36. The lowest BCUT2D eigenvalue weighted by Crippen LogP contribution is -2.60. The van der Waals surface area contributed by atoms with Crippen LogP contribution in [0.25, 0.3) is 0 Å². The number of rotatable bonds is 13. The molecule has 0 aromatic rings. The molecule has 1 rings (SSSR count). The zero-order chi connectivity index (χ0) is 17.8. The first-order valence-electron chi connectivity index (χ1n) is 9.48. The fourth-order valence-corrected chi connectivity index (χ4v) is 2.60. The summed E-state index contributed by atoms with van der Waals surface area (Å²) in [6.45, 7) is 8.22. The highest BCUT2D eigenvalue weighted by Crippen LogP contribution is 2.25. The van der Waals surface area contributed by atoms with Crippen molar-refractivity contribution >= 4 is 0 Å². The monoisotopic (exact) mass is 348 g/mol. The lowest BCUT2D eigenvalue weighted by atomic mass is 9.98. The lowest BCUT2D eigenvalue weighted by molar-refractivity contribution is -0.305. The predicted octanol–water partition coefficient (Wildman–Crippen LogP) is 2.25. The standard InChI is InChI=1S/C18H36O6/c1-4-7-10-21-13-14-16(22-11-8-5-2)15(19)17(18(20)24-14)23-12-9-6-3/h14-20H,4-13H2,1-3H3/t14-,15+,16-,17-,18?/m0/s1. The first kappa shape index (κ1) is 21.8. The maximum Gasteiger partial charge on any atom is 0.184 e. The number of hydrogen-bond donors (Lipinski definition) is 2.